The maximum atomic E-state index is 12.6. The third-order valence-electron chi connectivity index (χ3n) is 5.64. The topological polar surface area (TPSA) is 58.9 Å². The molecule has 2 aliphatic heterocycles. The van der Waals surface area contributed by atoms with E-state index in [-0.39, 0.29) is 18.0 Å². The molecule has 196 valence electrons. The Balaban J connectivity index is 0.00000154. The summed E-state index contributed by atoms with van der Waals surface area (Å²) in [5.41, 5.74) is 0.941. The van der Waals surface area contributed by atoms with Crippen LogP contribution in [0.3, 0.4) is 0 Å². The lowest BCUT2D eigenvalue weighted by molar-refractivity contribution is -0.131. The number of fused-ring (bicyclic) bond motifs is 2. The molecule has 1 saturated heterocycles. The van der Waals surface area contributed by atoms with Crippen LogP contribution < -0.4 is 5.32 Å². The number of carbonyl (C=O) groups is 1. The van der Waals surface area contributed by atoms with Crippen LogP contribution in [0, 0.1) is 0 Å². The van der Waals surface area contributed by atoms with Crippen LogP contribution in [0.15, 0.2) is 90.0 Å². The van der Waals surface area contributed by atoms with Crippen molar-refractivity contribution in [2.75, 3.05) is 26.7 Å². The summed E-state index contributed by atoms with van der Waals surface area (Å²) in [6, 6.07) is 4.20. The standard InChI is InChI=1S/C26H32N4O2.2C2H6/c1-3-4-5-6-7-8-16-27-22-25(31)30-20-14-26(15-21-30)24-12-10-19-29(24)18-9-11-23(32-2)13-17-28-26;2*1-2/h3-13,16-19,28H,14-15,20-22H2,1-2H3;2*1-2H3/b4-3+,6-5-,8-7-,17-13+,18-9+,23-11+,27-16?;;. The molecule has 0 atom stereocenters. The third kappa shape index (κ3) is 9.25. The van der Waals surface area contributed by atoms with Crippen molar-refractivity contribution in [1.82, 2.24) is 14.8 Å². The molecule has 0 saturated carbocycles. The van der Waals surface area contributed by atoms with Gasteiger partial charge < -0.3 is 19.5 Å². The van der Waals surface area contributed by atoms with Crippen LogP contribution in [-0.2, 0) is 15.1 Å². The second-order valence-corrected chi connectivity index (χ2v) is 7.64. The molecule has 3 heterocycles. The molecule has 0 radical (unpaired) electrons. The lowest BCUT2D eigenvalue weighted by Crippen LogP contribution is -2.52. The number of likely N-dealkylation sites (tertiary alicyclic amines) is 1. The zero-order valence-electron chi connectivity index (χ0n) is 22.9. The smallest absolute Gasteiger partial charge is 0.244 e. The van der Waals surface area contributed by atoms with E-state index in [9.17, 15) is 4.79 Å². The summed E-state index contributed by atoms with van der Waals surface area (Å²) in [6.45, 7) is 11.5. The average Bonchev–Trinajstić information content (AvgIpc) is 3.41. The van der Waals surface area contributed by atoms with E-state index >= 15 is 0 Å². The summed E-state index contributed by atoms with van der Waals surface area (Å²) in [5.74, 6) is 0.834. The molecule has 3 rings (SSSR count). The molecular weight excluding hydrogens is 448 g/mol. The normalized spacial score (nSPS) is 20.1. The minimum atomic E-state index is -0.247. The Labute approximate surface area is 218 Å². The van der Waals surface area contributed by atoms with Gasteiger partial charge in [-0.1, -0.05) is 58.1 Å². The number of nitrogens with zero attached hydrogens (tertiary/aromatic N) is 3. The Hall–Kier alpha value is -3.54. The fourth-order valence-electron chi connectivity index (χ4n) is 3.89. The van der Waals surface area contributed by atoms with Gasteiger partial charge in [-0.05, 0) is 56.2 Å². The van der Waals surface area contributed by atoms with Crippen molar-refractivity contribution >= 4 is 18.3 Å². The minimum Gasteiger partial charge on any atom is -0.497 e. The van der Waals surface area contributed by atoms with Gasteiger partial charge in [0.2, 0.25) is 5.91 Å². The van der Waals surface area contributed by atoms with Gasteiger partial charge in [0.1, 0.15) is 12.3 Å². The zero-order valence-corrected chi connectivity index (χ0v) is 22.9. The van der Waals surface area contributed by atoms with Gasteiger partial charge in [0.05, 0.1) is 12.6 Å². The van der Waals surface area contributed by atoms with Crippen LogP contribution in [0.4, 0.5) is 0 Å². The summed E-state index contributed by atoms with van der Waals surface area (Å²) >= 11 is 0. The lowest BCUT2D eigenvalue weighted by atomic mass is 9.84. The number of rotatable bonds is 6. The highest BCUT2D eigenvalue weighted by atomic mass is 16.5. The molecule has 36 heavy (non-hydrogen) atoms. The molecule has 1 fully saturated rings. The SMILES string of the molecule is C/C=C/C=C\C=C/C=NCC(=O)N1CCC2(CC1)N/C=C/C(OC)=C\C=C\n1cccc12.CC.CC. The van der Waals surface area contributed by atoms with Crippen LogP contribution in [-0.4, -0.2) is 48.3 Å². The molecule has 1 N–H and O–H groups in total. The maximum absolute atomic E-state index is 12.6. The fraction of sp³-hybridized carbons (Fsp3) is 0.400. The number of aromatic nitrogens is 1. The van der Waals surface area contributed by atoms with E-state index < -0.39 is 0 Å². The van der Waals surface area contributed by atoms with E-state index in [4.69, 9.17) is 4.74 Å². The number of hydrogen-bond acceptors (Lipinski definition) is 4. The van der Waals surface area contributed by atoms with E-state index in [2.05, 4.69) is 27.0 Å². The van der Waals surface area contributed by atoms with E-state index in [1.54, 1.807) is 13.3 Å². The van der Waals surface area contributed by atoms with Gasteiger partial charge in [0.15, 0.2) is 0 Å². The third-order valence-corrected chi connectivity index (χ3v) is 5.64. The quantitative estimate of drug-likeness (QED) is 0.378. The van der Waals surface area contributed by atoms with Crippen LogP contribution in [0.2, 0.25) is 0 Å². The van der Waals surface area contributed by atoms with Crippen molar-refractivity contribution in [2.45, 2.75) is 53.0 Å². The minimum absolute atomic E-state index is 0.0595. The lowest BCUT2D eigenvalue weighted by Gasteiger charge is -2.42. The summed E-state index contributed by atoms with van der Waals surface area (Å²) in [5, 5.41) is 3.61. The second-order valence-electron chi connectivity index (χ2n) is 7.64. The highest BCUT2D eigenvalue weighted by Crippen LogP contribution is 2.34. The van der Waals surface area contributed by atoms with Crippen molar-refractivity contribution in [1.29, 1.82) is 0 Å². The second kappa shape index (κ2) is 17.8. The molecule has 1 spiro atoms. The Morgan fingerprint density at radius 3 is 2.50 bits per heavy atom. The summed E-state index contributed by atoms with van der Waals surface area (Å²) in [6.07, 6.45) is 26.7. The zero-order chi connectivity index (χ0) is 26.7. The fourth-order valence-corrected chi connectivity index (χ4v) is 3.89. The Morgan fingerprint density at radius 1 is 1.11 bits per heavy atom. The largest absolute Gasteiger partial charge is 0.497 e. The van der Waals surface area contributed by atoms with Gasteiger partial charge in [-0.25, -0.2) is 0 Å². The van der Waals surface area contributed by atoms with E-state index in [0.717, 1.165) is 18.6 Å². The van der Waals surface area contributed by atoms with Crippen molar-refractivity contribution in [2.24, 2.45) is 4.99 Å². The van der Waals surface area contributed by atoms with E-state index in [1.807, 2.05) is 113 Å². The van der Waals surface area contributed by atoms with Crippen molar-refractivity contribution in [3.05, 3.63) is 90.7 Å². The van der Waals surface area contributed by atoms with E-state index in [1.165, 1.54) is 5.69 Å². The van der Waals surface area contributed by atoms with Crippen LogP contribution in [0.25, 0.3) is 6.20 Å². The maximum Gasteiger partial charge on any atom is 0.244 e. The Bertz CT molecular complexity index is 969. The number of nitrogens with one attached hydrogen (secondary N) is 1. The number of amides is 1. The first kappa shape index (κ1) is 30.5. The van der Waals surface area contributed by atoms with Gasteiger partial charge in [-0.2, -0.15) is 0 Å². The highest BCUT2D eigenvalue weighted by molar-refractivity contribution is 5.81. The number of piperidine rings is 1. The first-order valence-corrected chi connectivity index (χ1v) is 12.9. The number of methoxy groups -OCH3 is 1. The summed E-state index contributed by atoms with van der Waals surface area (Å²) in [4.78, 5) is 18.8. The molecule has 1 amide bonds. The first-order valence-electron chi connectivity index (χ1n) is 12.9. The molecule has 0 unspecified atom stereocenters. The summed E-state index contributed by atoms with van der Waals surface area (Å²) in [7, 11) is 1.66. The molecule has 6 heteroatoms. The van der Waals surface area contributed by atoms with Crippen molar-refractivity contribution in [3.8, 4) is 0 Å². The van der Waals surface area contributed by atoms with Crippen molar-refractivity contribution in [3.63, 3.8) is 0 Å². The predicted molar refractivity (Wildman–Crippen MR) is 154 cm³/mol. The molecule has 0 aliphatic carbocycles. The van der Waals surface area contributed by atoms with Gasteiger partial charge in [0.25, 0.3) is 0 Å². The van der Waals surface area contributed by atoms with Gasteiger partial charge in [0, 0.05) is 43.6 Å². The van der Waals surface area contributed by atoms with Crippen LogP contribution >= 0.6 is 0 Å². The first-order chi connectivity index (χ1) is 17.7. The predicted octanol–water partition coefficient (Wildman–Crippen LogP) is 6.24. The molecule has 1 aromatic rings. The van der Waals surface area contributed by atoms with Gasteiger partial charge >= 0.3 is 0 Å². The van der Waals surface area contributed by atoms with Gasteiger partial charge in [-0.15, -0.1) is 0 Å². The highest BCUT2D eigenvalue weighted by Gasteiger charge is 2.38. The molecule has 2 aliphatic rings. The molecule has 1 aromatic heterocycles. The number of hydrogen-bond donors (Lipinski definition) is 1. The van der Waals surface area contributed by atoms with Gasteiger partial charge in [-0.3, -0.25) is 9.79 Å². The Morgan fingerprint density at radius 2 is 1.81 bits per heavy atom. The van der Waals surface area contributed by atoms with Crippen LogP contribution in [0.1, 0.15) is 53.2 Å². The average molecular weight is 493 g/mol. The number of ether oxygens (including phenoxy) is 1. The number of allylic oxidation sites excluding steroid dienone is 9. The molecule has 0 bridgehead atoms. The monoisotopic (exact) mass is 492 g/mol. The summed E-state index contributed by atoms with van der Waals surface area (Å²) < 4.78 is 7.53. The van der Waals surface area contributed by atoms with E-state index in [0.29, 0.717) is 13.1 Å². The molecule has 0 aromatic carbocycles. The van der Waals surface area contributed by atoms with Crippen molar-refractivity contribution < 1.29 is 9.53 Å². The van der Waals surface area contributed by atoms with Crippen LogP contribution in [0.5, 0.6) is 0 Å². The number of aliphatic imine (C=N–C) groups is 1. The molecule has 6 nitrogen and oxygen atoms in total. The molecular formula is C30H44N4O2. The number of carbonyl (C=O) groups excluding carboxylic acids is 1. The Kier molecular flexibility index (Phi) is 15.1.